The lowest BCUT2D eigenvalue weighted by Crippen LogP contribution is -2.17. The maximum absolute atomic E-state index is 5.40. The minimum Gasteiger partial charge on any atom is -0.330 e. The van der Waals surface area contributed by atoms with E-state index in [1.807, 2.05) is 0 Å². The normalized spacial score (nSPS) is 11.1. The molecule has 80 valence electrons. The third kappa shape index (κ3) is 11.9. The third-order valence-electron chi connectivity index (χ3n) is 2.19. The zero-order chi connectivity index (χ0) is 9.94. The van der Waals surface area contributed by atoms with Crippen LogP contribution in [0.25, 0.3) is 0 Å². The van der Waals surface area contributed by atoms with E-state index in [2.05, 4.69) is 19.2 Å². The van der Waals surface area contributed by atoms with Gasteiger partial charge in [0.1, 0.15) is 0 Å². The average Bonchev–Trinajstić information content (AvgIpc) is 2.09. The number of rotatable bonds is 9. The van der Waals surface area contributed by atoms with E-state index < -0.39 is 0 Å². The van der Waals surface area contributed by atoms with Crippen molar-refractivity contribution in [2.24, 2.45) is 11.7 Å². The van der Waals surface area contributed by atoms with Crippen molar-refractivity contribution in [3.8, 4) is 0 Å². The Labute approximate surface area is 83.3 Å². The fraction of sp³-hybridized carbons (Fsp3) is 1.00. The van der Waals surface area contributed by atoms with Crippen LogP contribution in [0.4, 0.5) is 0 Å². The molecule has 0 aliphatic carbocycles. The molecule has 2 heteroatoms. The molecule has 0 bridgehead atoms. The minimum absolute atomic E-state index is 0.841. The molecule has 0 atom stereocenters. The quantitative estimate of drug-likeness (QED) is 0.541. The van der Waals surface area contributed by atoms with E-state index in [0.29, 0.717) is 0 Å². The Bertz CT molecular complexity index is 92.1. The monoisotopic (exact) mass is 186 g/mol. The molecule has 0 aromatic heterocycles. The lowest BCUT2D eigenvalue weighted by Gasteiger charge is -2.06. The molecule has 0 aromatic carbocycles. The summed E-state index contributed by atoms with van der Waals surface area (Å²) in [5, 5.41) is 3.46. The molecule has 0 unspecified atom stereocenters. The lowest BCUT2D eigenvalue weighted by atomic mass is 10.1. The van der Waals surface area contributed by atoms with Crippen molar-refractivity contribution in [2.75, 3.05) is 19.6 Å². The van der Waals surface area contributed by atoms with Gasteiger partial charge in [-0.05, 0) is 51.2 Å². The van der Waals surface area contributed by atoms with Gasteiger partial charge in [0.2, 0.25) is 0 Å². The van der Waals surface area contributed by atoms with E-state index in [-0.39, 0.29) is 0 Å². The Morgan fingerprint density at radius 2 is 1.69 bits per heavy atom. The van der Waals surface area contributed by atoms with Gasteiger partial charge >= 0.3 is 0 Å². The molecule has 0 heterocycles. The molecule has 0 amide bonds. The molecular weight excluding hydrogens is 160 g/mol. The number of nitrogens with one attached hydrogen (secondary N) is 1. The standard InChI is InChI=1S/C11H26N2/c1-11(2)7-6-10-13-9-5-3-4-8-12/h11,13H,3-10,12H2,1-2H3. The molecule has 0 rings (SSSR count). The highest BCUT2D eigenvalue weighted by molar-refractivity contribution is 4.51. The summed E-state index contributed by atoms with van der Waals surface area (Å²) in [7, 11) is 0. The van der Waals surface area contributed by atoms with Crippen LogP contribution < -0.4 is 11.1 Å². The molecule has 0 aliphatic heterocycles. The maximum atomic E-state index is 5.40. The van der Waals surface area contributed by atoms with Crippen LogP contribution >= 0.6 is 0 Å². The number of unbranched alkanes of at least 4 members (excludes halogenated alkanes) is 2. The van der Waals surface area contributed by atoms with E-state index >= 15 is 0 Å². The summed E-state index contributed by atoms with van der Waals surface area (Å²) in [5.41, 5.74) is 5.40. The Balaban J connectivity index is 2.84. The Kier molecular flexibility index (Phi) is 9.94. The first kappa shape index (κ1) is 12.9. The van der Waals surface area contributed by atoms with E-state index in [1.54, 1.807) is 0 Å². The van der Waals surface area contributed by atoms with Gasteiger partial charge in [0.05, 0.1) is 0 Å². The largest absolute Gasteiger partial charge is 0.330 e. The number of nitrogens with two attached hydrogens (primary N) is 1. The van der Waals surface area contributed by atoms with Crippen LogP contribution in [0.1, 0.15) is 46.0 Å². The van der Waals surface area contributed by atoms with Gasteiger partial charge in [-0.2, -0.15) is 0 Å². The summed E-state index contributed by atoms with van der Waals surface area (Å²) in [6.45, 7) is 7.74. The van der Waals surface area contributed by atoms with Crippen molar-refractivity contribution in [3.63, 3.8) is 0 Å². The Morgan fingerprint density at radius 3 is 2.31 bits per heavy atom. The fourth-order valence-electron chi connectivity index (χ4n) is 1.33. The van der Waals surface area contributed by atoms with Crippen LogP contribution in [0.2, 0.25) is 0 Å². The van der Waals surface area contributed by atoms with Gasteiger partial charge in [-0.15, -0.1) is 0 Å². The first-order valence-corrected chi connectivity index (χ1v) is 5.68. The number of hydrogen-bond acceptors (Lipinski definition) is 2. The zero-order valence-corrected chi connectivity index (χ0v) is 9.31. The van der Waals surface area contributed by atoms with Gasteiger partial charge in [-0.1, -0.05) is 20.3 Å². The molecule has 3 N–H and O–H groups in total. The Morgan fingerprint density at radius 1 is 1.00 bits per heavy atom. The second kappa shape index (κ2) is 10.0. The second-order valence-electron chi connectivity index (χ2n) is 4.14. The van der Waals surface area contributed by atoms with E-state index in [4.69, 9.17) is 5.73 Å². The molecule has 13 heavy (non-hydrogen) atoms. The van der Waals surface area contributed by atoms with Gasteiger partial charge in [0, 0.05) is 0 Å². The molecule has 0 radical (unpaired) electrons. The molecule has 0 aliphatic rings. The molecule has 0 saturated heterocycles. The minimum atomic E-state index is 0.841. The van der Waals surface area contributed by atoms with Crippen LogP contribution in [0.5, 0.6) is 0 Å². The summed E-state index contributed by atoms with van der Waals surface area (Å²) < 4.78 is 0. The van der Waals surface area contributed by atoms with Crippen molar-refractivity contribution >= 4 is 0 Å². The smallest absolute Gasteiger partial charge is 0.00488 e. The molecule has 0 fully saturated rings. The van der Waals surface area contributed by atoms with E-state index in [9.17, 15) is 0 Å². The summed E-state index contributed by atoms with van der Waals surface area (Å²) in [5.74, 6) is 0.846. The van der Waals surface area contributed by atoms with Gasteiger partial charge in [-0.3, -0.25) is 0 Å². The zero-order valence-electron chi connectivity index (χ0n) is 9.31. The van der Waals surface area contributed by atoms with Crippen molar-refractivity contribution in [1.82, 2.24) is 5.32 Å². The van der Waals surface area contributed by atoms with Crippen LogP contribution in [0.3, 0.4) is 0 Å². The van der Waals surface area contributed by atoms with Crippen LogP contribution in [-0.2, 0) is 0 Å². The van der Waals surface area contributed by atoms with Crippen LogP contribution in [0, 0.1) is 5.92 Å². The second-order valence-corrected chi connectivity index (χ2v) is 4.14. The molecular formula is C11H26N2. The Hall–Kier alpha value is -0.0800. The van der Waals surface area contributed by atoms with Crippen molar-refractivity contribution in [2.45, 2.75) is 46.0 Å². The summed E-state index contributed by atoms with van der Waals surface area (Å²) in [6.07, 6.45) is 6.38. The average molecular weight is 186 g/mol. The summed E-state index contributed by atoms with van der Waals surface area (Å²) >= 11 is 0. The highest BCUT2D eigenvalue weighted by Crippen LogP contribution is 2.01. The maximum Gasteiger partial charge on any atom is -0.00488 e. The molecule has 0 aromatic rings. The fourth-order valence-corrected chi connectivity index (χ4v) is 1.33. The predicted molar refractivity (Wildman–Crippen MR) is 59.8 cm³/mol. The highest BCUT2D eigenvalue weighted by Gasteiger charge is 1.93. The van der Waals surface area contributed by atoms with Gasteiger partial charge in [-0.25, -0.2) is 0 Å². The predicted octanol–water partition coefficient (Wildman–Crippen LogP) is 2.14. The summed E-state index contributed by atoms with van der Waals surface area (Å²) in [4.78, 5) is 0. The van der Waals surface area contributed by atoms with Crippen molar-refractivity contribution in [1.29, 1.82) is 0 Å². The highest BCUT2D eigenvalue weighted by atomic mass is 14.8. The van der Waals surface area contributed by atoms with Crippen LogP contribution in [-0.4, -0.2) is 19.6 Å². The van der Waals surface area contributed by atoms with E-state index in [0.717, 1.165) is 19.0 Å². The first-order chi connectivity index (χ1) is 6.27. The van der Waals surface area contributed by atoms with Crippen molar-refractivity contribution < 1.29 is 0 Å². The first-order valence-electron chi connectivity index (χ1n) is 5.68. The molecule has 2 nitrogen and oxygen atoms in total. The number of hydrogen-bond donors (Lipinski definition) is 2. The SMILES string of the molecule is CC(C)CCCNCCCCCN. The van der Waals surface area contributed by atoms with Crippen LogP contribution in [0.15, 0.2) is 0 Å². The third-order valence-corrected chi connectivity index (χ3v) is 2.19. The van der Waals surface area contributed by atoms with Crippen molar-refractivity contribution in [3.05, 3.63) is 0 Å². The topological polar surface area (TPSA) is 38.0 Å². The van der Waals surface area contributed by atoms with Gasteiger partial charge < -0.3 is 11.1 Å². The molecule has 0 spiro atoms. The lowest BCUT2D eigenvalue weighted by molar-refractivity contribution is 0.519. The van der Waals surface area contributed by atoms with Gasteiger partial charge in [0.15, 0.2) is 0 Å². The molecule has 0 saturated carbocycles. The van der Waals surface area contributed by atoms with Gasteiger partial charge in [0.25, 0.3) is 0 Å². The summed E-state index contributed by atoms with van der Waals surface area (Å²) in [6, 6.07) is 0. The van der Waals surface area contributed by atoms with E-state index in [1.165, 1.54) is 38.6 Å².